The van der Waals surface area contributed by atoms with Crippen LogP contribution in [0.3, 0.4) is 0 Å². The summed E-state index contributed by atoms with van der Waals surface area (Å²) in [6, 6.07) is 23.4. The molecule has 238 valence electrons. The summed E-state index contributed by atoms with van der Waals surface area (Å²) in [5.74, 6) is -0.919. The molecular formula is C34H39F3N6O2. The molecule has 1 heterocycles. The van der Waals surface area contributed by atoms with Crippen LogP contribution in [0.5, 0.6) is 0 Å². The first-order valence-electron chi connectivity index (χ1n) is 14.9. The molecule has 0 bridgehead atoms. The Bertz CT molecular complexity index is 1440. The summed E-state index contributed by atoms with van der Waals surface area (Å²) in [4.78, 5) is 32.9. The van der Waals surface area contributed by atoms with Crippen molar-refractivity contribution >= 4 is 23.8 Å². The van der Waals surface area contributed by atoms with Crippen LogP contribution in [-0.2, 0) is 15.8 Å². The van der Waals surface area contributed by atoms with Crippen molar-refractivity contribution in [3.63, 3.8) is 0 Å². The molecule has 4 rings (SSSR count). The highest BCUT2D eigenvalue weighted by atomic mass is 19.4. The Hall–Kier alpha value is -4.64. The lowest BCUT2D eigenvalue weighted by Gasteiger charge is -2.31. The number of guanidine groups is 1. The molecule has 6 N–H and O–H groups in total. The summed E-state index contributed by atoms with van der Waals surface area (Å²) in [6.45, 7) is 2.86. The van der Waals surface area contributed by atoms with Gasteiger partial charge in [0.15, 0.2) is 5.96 Å². The van der Waals surface area contributed by atoms with E-state index in [2.05, 4.69) is 15.6 Å². The van der Waals surface area contributed by atoms with Gasteiger partial charge in [0.05, 0.1) is 11.6 Å². The van der Waals surface area contributed by atoms with E-state index in [4.69, 9.17) is 11.5 Å². The van der Waals surface area contributed by atoms with Crippen LogP contribution < -0.4 is 22.1 Å². The van der Waals surface area contributed by atoms with E-state index in [-0.39, 0.29) is 35.9 Å². The number of nitrogens with two attached hydrogens (primary N) is 2. The molecule has 0 radical (unpaired) electrons. The third-order valence-corrected chi connectivity index (χ3v) is 7.87. The van der Waals surface area contributed by atoms with Gasteiger partial charge in [0.1, 0.15) is 6.04 Å². The van der Waals surface area contributed by atoms with E-state index in [0.717, 1.165) is 29.3 Å². The number of hydrogen-bond donors (Lipinski definition) is 4. The minimum absolute atomic E-state index is 0.0823. The quantitative estimate of drug-likeness (QED) is 0.145. The Morgan fingerprint density at radius 2 is 1.62 bits per heavy atom. The Morgan fingerprint density at radius 1 is 1.02 bits per heavy atom. The van der Waals surface area contributed by atoms with Crippen molar-refractivity contribution in [2.45, 2.75) is 50.0 Å². The van der Waals surface area contributed by atoms with E-state index in [1.165, 1.54) is 18.2 Å². The highest BCUT2D eigenvalue weighted by molar-refractivity contribution is 5.92. The van der Waals surface area contributed by atoms with Crippen LogP contribution in [0.1, 0.15) is 47.9 Å². The number of benzene rings is 3. The van der Waals surface area contributed by atoms with Crippen LogP contribution >= 0.6 is 0 Å². The van der Waals surface area contributed by atoms with Crippen LogP contribution in [0.4, 0.5) is 13.2 Å². The number of aliphatic imine (C=N–C) groups is 1. The molecule has 8 nitrogen and oxygen atoms in total. The molecule has 1 saturated heterocycles. The van der Waals surface area contributed by atoms with Crippen LogP contribution in [-0.4, -0.2) is 60.4 Å². The topological polar surface area (TPSA) is 126 Å². The van der Waals surface area contributed by atoms with Crippen molar-refractivity contribution in [2.24, 2.45) is 16.5 Å². The second-order valence-corrected chi connectivity index (χ2v) is 11.0. The lowest BCUT2D eigenvalue weighted by molar-refractivity contribution is -0.137. The molecule has 1 aliphatic rings. The predicted molar refractivity (Wildman–Crippen MR) is 170 cm³/mol. The van der Waals surface area contributed by atoms with Gasteiger partial charge in [-0.1, -0.05) is 85.8 Å². The third-order valence-electron chi connectivity index (χ3n) is 7.87. The second-order valence-electron chi connectivity index (χ2n) is 11.0. The van der Waals surface area contributed by atoms with Gasteiger partial charge in [-0.3, -0.25) is 14.9 Å². The fourth-order valence-electron chi connectivity index (χ4n) is 5.58. The van der Waals surface area contributed by atoms with E-state index in [1.54, 1.807) is 0 Å². The Labute approximate surface area is 261 Å². The molecular weight excluding hydrogens is 581 g/mol. The summed E-state index contributed by atoms with van der Waals surface area (Å²) >= 11 is 0. The summed E-state index contributed by atoms with van der Waals surface area (Å²) in [5.41, 5.74) is 12.7. The molecule has 2 amide bonds. The van der Waals surface area contributed by atoms with Crippen molar-refractivity contribution in [1.82, 2.24) is 15.5 Å². The smallest absolute Gasteiger partial charge is 0.370 e. The van der Waals surface area contributed by atoms with Crippen LogP contribution in [0, 0.1) is 0 Å². The third kappa shape index (κ3) is 9.18. The van der Waals surface area contributed by atoms with Gasteiger partial charge in [0.2, 0.25) is 11.8 Å². The summed E-state index contributed by atoms with van der Waals surface area (Å²) in [7, 11) is 0. The van der Waals surface area contributed by atoms with Gasteiger partial charge in [0.25, 0.3) is 0 Å². The van der Waals surface area contributed by atoms with Gasteiger partial charge in [-0.05, 0) is 41.7 Å². The SMILES string of the molecule is CCC(N=C(N)N)[C@@H]1N[C@H](CNC(=O)/C=C/c2ccccc2C(F)(F)F)CCN(CC(c2ccccc2)c2ccccc2)C1=O. The molecule has 3 aromatic rings. The average Bonchev–Trinajstić information content (AvgIpc) is 3.19. The number of nitrogens with one attached hydrogen (secondary N) is 2. The Balaban J connectivity index is 1.53. The molecule has 11 heteroatoms. The molecule has 0 aliphatic carbocycles. The number of alkyl halides is 3. The van der Waals surface area contributed by atoms with Crippen molar-refractivity contribution in [3.05, 3.63) is 113 Å². The van der Waals surface area contributed by atoms with Gasteiger partial charge in [-0.15, -0.1) is 0 Å². The van der Waals surface area contributed by atoms with E-state index in [0.29, 0.717) is 25.9 Å². The average molecular weight is 621 g/mol. The van der Waals surface area contributed by atoms with Gasteiger partial charge in [-0.2, -0.15) is 13.2 Å². The molecule has 0 spiro atoms. The first kappa shape index (κ1) is 33.3. The Morgan fingerprint density at radius 3 is 2.20 bits per heavy atom. The van der Waals surface area contributed by atoms with Crippen molar-refractivity contribution in [3.8, 4) is 0 Å². The molecule has 3 aromatic carbocycles. The highest BCUT2D eigenvalue weighted by Crippen LogP contribution is 2.32. The van der Waals surface area contributed by atoms with Gasteiger partial charge in [0, 0.05) is 37.7 Å². The first-order chi connectivity index (χ1) is 21.6. The van der Waals surface area contributed by atoms with Gasteiger partial charge < -0.3 is 21.7 Å². The number of halogens is 3. The van der Waals surface area contributed by atoms with Gasteiger partial charge >= 0.3 is 6.18 Å². The number of carbonyl (C=O) groups is 2. The molecule has 1 fully saturated rings. The fraction of sp³-hybridized carbons (Fsp3) is 0.324. The van der Waals surface area contributed by atoms with E-state index in [9.17, 15) is 22.8 Å². The zero-order chi connectivity index (χ0) is 32.4. The van der Waals surface area contributed by atoms with E-state index >= 15 is 0 Å². The van der Waals surface area contributed by atoms with Crippen LogP contribution in [0.2, 0.25) is 0 Å². The molecule has 0 aromatic heterocycles. The highest BCUT2D eigenvalue weighted by Gasteiger charge is 2.37. The molecule has 45 heavy (non-hydrogen) atoms. The van der Waals surface area contributed by atoms with Crippen LogP contribution in [0.15, 0.2) is 96.0 Å². The predicted octanol–water partition coefficient (Wildman–Crippen LogP) is 4.28. The first-order valence-corrected chi connectivity index (χ1v) is 14.9. The zero-order valence-corrected chi connectivity index (χ0v) is 25.1. The van der Waals surface area contributed by atoms with Crippen molar-refractivity contribution < 1.29 is 22.8 Å². The Kier molecular flexibility index (Phi) is 11.4. The minimum Gasteiger partial charge on any atom is -0.370 e. The summed E-state index contributed by atoms with van der Waals surface area (Å²) < 4.78 is 40.0. The number of nitrogens with zero attached hydrogens (tertiary/aromatic N) is 2. The summed E-state index contributed by atoms with van der Waals surface area (Å²) in [5, 5.41) is 6.13. The number of hydrogen-bond acceptors (Lipinski definition) is 4. The summed E-state index contributed by atoms with van der Waals surface area (Å²) in [6.07, 6.45) is -1.32. The van der Waals surface area contributed by atoms with Gasteiger partial charge in [-0.25, -0.2) is 4.99 Å². The van der Waals surface area contributed by atoms with E-state index in [1.807, 2.05) is 72.5 Å². The maximum atomic E-state index is 14.1. The number of carbonyl (C=O) groups excluding carboxylic acids is 2. The number of rotatable bonds is 11. The maximum absolute atomic E-state index is 14.1. The van der Waals surface area contributed by atoms with Crippen molar-refractivity contribution in [1.29, 1.82) is 0 Å². The molecule has 1 unspecified atom stereocenters. The fourth-order valence-corrected chi connectivity index (χ4v) is 5.58. The molecule has 3 atom stereocenters. The monoisotopic (exact) mass is 620 g/mol. The normalized spacial score (nSPS) is 18.1. The van der Waals surface area contributed by atoms with E-state index < -0.39 is 29.7 Å². The maximum Gasteiger partial charge on any atom is 0.416 e. The zero-order valence-electron chi connectivity index (χ0n) is 25.1. The molecule has 0 saturated carbocycles. The lowest BCUT2D eigenvalue weighted by atomic mass is 9.90. The minimum atomic E-state index is -4.54. The molecule has 1 aliphatic heterocycles. The number of amides is 2. The van der Waals surface area contributed by atoms with Crippen molar-refractivity contribution in [2.75, 3.05) is 19.6 Å². The lowest BCUT2D eigenvalue weighted by Crippen LogP contribution is -2.54. The second kappa shape index (κ2) is 15.4. The largest absolute Gasteiger partial charge is 0.416 e. The standard InChI is InChI=1S/C34H39F3N6O2/c1-2-29(42-33(38)39)31-32(45)43(22-27(23-11-5-3-6-12-23)24-13-7-4-8-14-24)20-19-26(41-31)21-40-30(44)18-17-25-15-9-10-16-28(25)34(35,36)37/h3-18,26-27,29,31,41H,2,19-22H2,1H3,(H,40,44)(H4,38,39,42)/b18-17+/t26-,29?,31-/m0/s1. The van der Waals surface area contributed by atoms with Crippen LogP contribution in [0.25, 0.3) is 6.08 Å².